The summed E-state index contributed by atoms with van der Waals surface area (Å²) >= 11 is 0. The van der Waals surface area contributed by atoms with Gasteiger partial charge in [0.15, 0.2) is 0 Å². The highest BCUT2D eigenvalue weighted by Gasteiger charge is 2.23. The molecule has 1 fully saturated rings. The molecule has 3 unspecified atom stereocenters. The Kier molecular flexibility index (Phi) is 3.97. The van der Waals surface area contributed by atoms with Crippen LogP contribution in [-0.4, -0.2) is 17.9 Å². The van der Waals surface area contributed by atoms with Gasteiger partial charge in [-0.25, -0.2) is 0 Å². The smallest absolute Gasteiger partial charge is 0.104 e. The van der Waals surface area contributed by atoms with Crippen molar-refractivity contribution in [1.82, 2.24) is 5.32 Å². The fourth-order valence-electron chi connectivity index (χ4n) is 2.50. The maximum absolute atomic E-state index is 9.39. The van der Waals surface area contributed by atoms with E-state index in [2.05, 4.69) is 42.6 Å². The van der Waals surface area contributed by atoms with Crippen LogP contribution < -0.4 is 5.32 Å². The molecular formula is C14H21NO. The van der Waals surface area contributed by atoms with Crippen LogP contribution in [-0.2, 0) is 6.42 Å². The van der Waals surface area contributed by atoms with E-state index in [1.54, 1.807) is 0 Å². The SMILES string of the molecule is CC(Cc1ccccc1)C1CCC(O)NC1. The van der Waals surface area contributed by atoms with Gasteiger partial charge in [-0.1, -0.05) is 37.3 Å². The fourth-order valence-corrected chi connectivity index (χ4v) is 2.50. The summed E-state index contributed by atoms with van der Waals surface area (Å²) in [6, 6.07) is 10.7. The standard InChI is InChI=1S/C14H21NO/c1-11(9-12-5-3-2-4-6-12)13-7-8-14(16)15-10-13/h2-6,11,13-16H,7-10H2,1H3. The van der Waals surface area contributed by atoms with Crippen LogP contribution in [0.25, 0.3) is 0 Å². The van der Waals surface area contributed by atoms with E-state index < -0.39 is 0 Å². The van der Waals surface area contributed by atoms with Crippen LogP contribution in [0.2, 0.25) is 0 Å². The van der Waals surface area contributed by atoms with Gasteiger partial charge in [0, 0.05) is 6.54 Å². The summed E-state index contributed by atoms with van der Waals surface area (Å²) in [5.41, 5.74) is 1.42. The minimum Gasteiger partial charge on any atom is -0.379 e. The topological polar surface area (TPSA) is 32.3 Å². The fraction of sp³-hybridized carbons (Fsp3) is 0.571. The molecule has 2 N–H and O–H groups in total. The molecule has 1 aliphatic heterocycles. The van der Waals surface area contributed by atoms with Crippen molar-refractivity contribution in [2.24, 2.45) is 11.8 Å². The van der Waals surface area contributed by atoms with Gasteiger partial charge in [-0.3, -0.25) is 5.32 Å². The summed E-state index contributed by atoms with van der Waals surface area (Å²) in [5.74, 6) is 1.38. The summed E-state index contributed by atoms with van der Waals surface area (Å²) in [6.45, 7) is 3.27. The van der Waals surface area contributed by atoms with Gasteiger partial charge in [-0.2, -0.15) is 0 Å². The average molecular weight is 219 g/mol. The first-order valence-electron chi connectivity index (χ1n) is 6.21. The Bertz CT molecular complexity index is 304. The lowest BCUT2D eigenvalue weighted by Gasteiger charge is -2.31. The Balaban J connectivity index is 1.86. The molecule has 0 bridgehead atoms. The molecule has 3 atom stereocenters. The number of aliphatic hydroxyl groups excluding tert-OH is 1. The first-order valence-corrected chi connectivity index (χ1v) is 6.21. The van der Waals surface area contributed by atoms with Crippen molar-refractivity contribution in [2.45, 2.75) is 32.4 Å². The predicted octanol–water partition coefficient (Wildman–Crippen LogP) is 2.18. The second kappa shape index (κ2) is 5.46. The van der Waals surface area contributed by atoms with Gasteiger partial charge in [0.05, 0.1) is 0 Å². The maximum Gasteiger partial charge on any atom is 0.104 e. The third-order valence-electron chi connectivity index (χ3n) is 3.63. The van der Waals surface area contributed by atoms with Crippen LogP contribution in [0.4, 0.5) is 0 Å². The maximum atomic E-state index is 9.39. The van der Waals surface area contributed by atoms with Crippen molar-refractivity contribution < 1.29 is 5.11 Å². The molecule has 0 saturated carbocycles. The average Bonchev–Trinajstić information content (AvgIpc) is 2.31. The van der Waals surface area contributed by atoms with Crippen LogP contribution in [0.5, 0.6) is 0 Å². The molecule has 88 valence electrons. The van der Waals surface area contributed by atoms with Gasteiger partial charge in [0.1, 0.15) is 6.23 Å². The summed E-state index contributed by atoms with van der Waals surface area (Å²) in [5, 5.41) is 12.5. The number of benzene rings is 1. The van der Waals surface area contributed by atoms with Gasteiger partial charge >= 0.3 is 0 Å². The van der Waals surface area contributed by atoms with Gasteiger partial charge in [-0.05, 0) is 36.7 Å². The zero-order valence-electron chi connectivity index (χ0n) is 9.89. The molecule has 1 aromatic carbocycles. The second-order valence-electron chi connectivity index (χ2n) is 4.93. The van der Waals surface area contributed by atoms with E-state index >= 15 is 0 Å². The summed E-state index contributed by atoms with van der Waals surface area (Å²) < 4.78 is 0. The molecule has 0 spiro atoms. The number of nitrogens with one attached hydrogen (secondary N) is 1. The molecule has 0 aliphatic carbocycles. The number of hydrogen-bond acceptors (Lipinski definition) is 2. The zero-order chi connectivity index (χ0) is 11.4. The largest absolute Gasteiger partial charge is 0.379 e. The first-order chi connectivity index (χ1) is 7.75. The Morgan fingerprint density at radius 1 is 1.31 bits per heavy atom. The zero-order valence-corrected chi connectivity index (χ0v) is 9.89. The van der Waals surface area contributed by atoms with E-state index in [0.717, 1.165) is 25.8 Å². The van der Waals surface area contributed by atoms with Crippen LogP contribution in [0.1, 0.15) is 25.3 Å². The minimum absolute atomic E-state index is 0.278. The Morgan fingerprint density at radius 2 is 2.06 bits per heavy atom. The van der Waals surface area contributed by atoms with Crippen molar-refractivity contribution in [2.75, 3.05) is 6.54 Å². The summed E-state index contributed by atoms with van der Waals surface area (Å²) in [6.07, 6.45) is 2.90. The second-order valence-corrected chi connectivity index (χ2v) is 4.93. The molecule has 0 aromatic heterocycles. The highest BCUT2D eigenvalue weighted by Crippen LogP contribution is 2.24. The lowest BCUT2D eigenvalue weighted by atomic mass is 9.83. The molecule has 1 aliphatic rings. The van der Waals surface area contributed by atoms with Crippen molar-refractivity contribution in [3.63, 3.8) is 0 Å². The van der Waals surface area contributed by atoms with Crippen molar-refractivity contribution >= 4 is 0 Å². The van der Waals surface area contributed by atoms with Crippen molar-refractivity contribution in [1.29, 1.82) is 0 Å². The molecule has 1 heterocycles. The quantitative estimate of drug-likeness (QED) is 0.816. The Hall–Kier alpha value is -0.860. The molecule has 16 heavy (non-hydrogen) atoms. The Morgan fingerprint density at radius 3 is 2.69 bits per heavy atom. The van der Waals surface area contributed by atoms with Crippen LogP contribution >= 0.6 is 0 Å². The number of hydrogen-bond donors (Lipinski definition) is 2. The first kappa shape index (κ1) is 11.6. The van der Waals surface area contributed by atoms with Crippen molar-refractivity contribution in [3.05, 3.63) is 35.9 Å². The van der Waals surface area contributed by atoms with Gasteiger partial charge < -0.3 is 5.11 Å². The molecular weight excluding hydrogens is 198 g/mol. The van der Waals surface area contributed by atoms with E-state index in [4.69, 9.17) is 0 Å². The molecule has 0 radical (unpaired) electrons. The van der Waals surface area contributed by atoms with Crippen LogP contribution in [0, 0.1) is 11.8 Å². The number of piperidine rings is 1. The van der Waals surface area contributed by atoms with E-state index in [1.165, 1.54) is 5.56 Å². The minimum atomic E-state index is -0.278. The molecule has 1 saturated heterocycles. The van der Waals surface area contributed by atoms with E-state index in [9.17, 15) is 5.11 Å². The monoisotopic (exact) mass is 219 g/mol. The van der Waals surface area contributed by atoms with Gasteiger partial charge in [-0.15, -0.1) is 0 Å². The lowest BCUT2D eigenvalue weighted by Crippen LogP contribution is -2.41. The van der Waals surface area contributed by atoms with Gasteiger partial charge in [0.2, 0.25) is 0 Å². The predicted molar refractivity (Wildman–Crippen MR) is 66.0 cm³/mol. The molecule has 2 rings (SSSR count). The highest BCUT2D eigenvalue weighted by atomic mass is 16.3. The molecule has 0 amide bonds. The molecule has 1 aromatic rings. The molecule has 2 nitrogen and oxygen atoms in total. The van der Waals surface area contributed by atoms with Crippen LogP contribution in [0.15, 0.2) is 30.3 Å². The summed E-state index contributed by atoms with van der Waals surface area (Å²) in [4.78, 5) is 0. The summed E-state index contributed by atoms with van der Waals surface area (Å²) in [7, 11) is 0. The lowest BCUT2D eigenvalue weighted by molar-refractivity contribution is 0.0762. The van der Waals surface area contributed by atoms with E-state index in [-0.39, 0.29) is 6.23 Å². The van der Waals surface area contributed by atoms with Gasteiger partial charge in [0.25, 0.3) is 0 Å². The molecule has 2 heteroatoms. The van der Waals surface area contributed by atoms with Crippen molar-refractivity contribution in [3.8, 4) is 0 Å². The number of rotatable bonds is 3. The normalized spacial score (nSPS) is 27.6. The highest BCUT2D eigenvalue weighted by molar-refractivity contribution is 5.15. The number of aliphatic hydroxyl groups is 1. The Labute approximate surface area is 97.7 Å². The third kappa shape index (κ3) is 3.06. The van der Waals surface area contributed by atoms with E-state index in [1.807, 2.05) is 0 Å². The van der Waals surface area contributed by atoms with E-state index in [0.29, 0.717) is 11.8 Å². The van der Waals surface area contributed by atoms with Crippen LogP contribution in [0.3, 0.4) is 0 Å². The third-order valence-corrected chi connectivity index (χ3v) is 3.63.